The summed E-state index contributed by atoms with van der Waals surface area (Å²) in [5, 5.41) is 0. The number of rotatable bonds is 2. The molecule has 1 spiro atoms. The van der Waals surface area contributed by atoms with Gasteiger partial charge in [0.1, 0.15) is 5.69 Å². The van der Waals surface area contributed by atoms with Crippen molar-refractivity contribution in [3.05, 3.63) is 29.1 Å². The predicted molar refractivity (Wildman–Crippen MR) is 96.2 cm³/mol. The van der Waals surface area contributed by atoms with Crippen LogP contribution in [-0.4, -0.2) is 48.9 Å². The summed E-state index contributed by atoms with van der Waals surface area (Å²) in [6, 6.07) is 3.15. The van der Waals surface area contributed by atoms with Crippen LogP contribution in [0, 0.1) is 12.3 Å². The van der Waals surface area contributed by atoms with E-state index < -0.39 is 21.7 Å². The lowest BCUT2D eigenvalue weighted by molar-refractivity contribution is -0.141. The average molecular weight is 402 g/mol. The molecule has 1 aromatic rings. The van der Waals surface area contributed by atoms with Gasteiger partial charge in [-0.15, -0.1) is 0 Å². The van der Waals surface area contributed by atoms with Gasteiger partial charge in [-0.25, -0.2) is 13.4 Å². The molecule has 3 heterocycles. The monoisotopic (exact) mass is 402 g/mol. The van der Waals surface area contributed by atoms with E-state index in [0.717, 1.165) is 56.8 Å². The fourth-order valence-corrected chi connectivity index (χ4v) is 7.57. The van der Waals surface area contributed by atoms with Gasteiger partial charge in [0, 0.05) is 23.7 Å². The van der Waals surface area contributed by atoms with E-state index >= 15 is 0 Å². The highest BCUT2D eigenvalue weighted by Crippen LogP contribution is 2.44. The molecule has 27 heavy (non-hydrogen) atoms. The van der Waals surface area contributed by atoms with Crippen molar-refractivity contribution in [2.45, 2.75) is 57.2 Å². The van der Waals surface area contributed by atoms with Crippen molar-refractivity contribution in [1.29, 1.82) is 0 Å². The molecule has 1 aromatic heterocycles. The second-order valence-electron chi connectivity index (χ2n) is 8.63. The van der Waals surface area contributed by atoms with E-state index in [9.17, 15) is 21.6 Å². The Hall–Kier alpha value is -1.15. The second kappa shape index (κ2) is 6.44. The molecule has 2 aliphatic heterocycles. The van der Waals surface area contributed by atoms with E-state index in [4.69, 9.17) is 0 Å². The van der Waals surface area contributed by atoms with Crippen LogP contribution in [0.4, 0.5) is 13.2 Å². The topological polar surface area (TPSA) is 50.3 Å². The second-order valence-corrected chi connectivity index (χ2v) is 10.7. The summed E-state index contributed by atoms with van der Waals surface area (Å²) in [5.74, 6) is 0.932. The summed E-state index contributed by atoms with van der Waals surface area (Å²) in [5.41, 5.74) is 0.580. The number of hydrogen-bond donors (Lipinski definition) is 0. The van der Waals surface area contributed by atoms with Gasteiger partial charge in [-0.3, -0.25) is 4.90 Å². The fraction of sp³-hybridized carbons (Fsp3) is 0.737. The third-order valence-electron chi connectivity index (χ3n) is 6.59. The third kappa shape index (κ3) is 3.75. The molecule has 0 unspecified atom stereocenters. The zero-order valence-electron chi connectivity index (χ0n) is 15.4. The van der Waals surface area contributed by atoms with Crippen LogP contribution in [0.25, 0.3) is 0 Å². The molecular formula is C19H25F3N2O2S. The van der Waals surface area contributed by atoms with Gasteiger partial charge in [-0.2, -0.15) is 13.2 Å². The van der Waals surface area contributed by atoms with E-state index in [1.807, 2.05) is 0 Å². The molecule has 4 rings (SSSR count). The van der Waals surface area contributed by atoms with Crippen molar-refractivity contribution < 1.29 is 21.6 Å². The van der Waals surface area contributed by atoms with Crippen LogP contribution in [0.15, 0.2) is 12.1 Å². The van der Waals surface area contributed by atoms with Gasteiger partial charge in [0.15, 0.2) is 9.84 Å². The summed E-state index contributed by atoms with van der Waals surface area (Å²) in [7, 11) is -2.80. The van der Waals surface area contributed by atoms with Crippen LogP contribution in [0.2, 0.25) is 0 Å². The van der Waals surface area contributed by atoms with Crippen LogP contribution in [-0.2, 0) is 16.0 Å². The summed E-state index contributed by atoms with van der Waals surface area (Å²) >= 11 is 0. The maximum absolute atomic E-state index is 12.8. The Balaban J connectivity index is 1.36. The predicted octanol–water partition coefficient (Wildman–Crippen LogP) is 3.56. The third-order valence-corrected chi connectivity index (χ3v) is 8.69. The van der Waals surface area contributed by atoms with E-state index in [-0.39, 0.29) is 11.3 Å². The quantitative estimate of drug-likeness (QED) is 0.759. The molecule has 150 valence electrons. The number of nitrogens with zero attached hydrogens (tertiary/aromatic N) is 2. The lowest BCUT2D eigenvalue weighted by Crippen LogP contribution is -2.51. The number of pyridine rings is 1. The van der Waals surface area contributed by atoms with Crippen molar-refractivity contribution in [3.8, 4) is 0 Å². The molecule has 0 bridgehead atoms. The minimum Gasteiger partial charge on any atom is -0.300 e. The van der Waals surface area contributed by atoms with Gasteiger partial charge in [-0.1, -0.05) is 6.07 Å². The molecule has 0 atom stereocenters. The molecule has 2 saturated heterocycles. The first-order chi connectivity index (χ1) is 12.6. The molecule has 3 fully saturated rings. The zero-order chi connectivity index (χ0) is 19.4. The number of aryl methyl sites for hydroxylation is 1. The Bertz CT molecular complexity index is 818. The van der Waals surface area contributed by atoms with Gasteiger partial charge >= 0.3 is 6.18 Å². The molecule has 8 heteroatoms. The van der Waals surface area contributed by atoms with E-state index in [1.165, 1.54) is 0 Å². The lowest BCUT2D eigenvalue weighted by Gasteiger charge is -2.40. The highest BCUT2D eigenvalue weighted by Gasteiger charge is 2.53. The summed E-state index contributed by atoms with van der Waals surface area (Å²) in [6.45, 7) is 3.51. The first-order valence-electron chi connectivity index (χ1n) is 9.56. The van der Waals surface area contributed by atoms with Gasteiger partial charge in [0.25, 0.3) is 0 Å². The van der Waals surface area contributed by atoms with Crippen molar-refractivity contribution >= 4 is 9.84 Å². The number of likely N-dealkylation sites (tertiary alicyclic amines) is 1. The Morgan fingerprint density at radius 2 is 1.81 bits per heavy atom. The first-order valence-corrected chi connectivity index (χ1v) is 11.4. The summed E-state index contributed by atoms with van der Waals surface area (Å²) in [4.78, 5) is 6.22. The Morgan fingerprint density at radius 3 is 2.37 bits per heavy atom. The molecule has 0 amide bonds. The van der Waals surface area contributed by atoms with Crippen LogP contribution >= 0.6 is 0 Å². The molecule has 0 aromatic carbocycles. The summed E-state index contributed by atoms with van der Waals surface area (Å²) < 4.78 is 61.5. The zero-order valence-corrected chi connectivity index (χ0v) is 16.2. The highest BCUT2D eigenvalue weighted by atomic mass is 32.2. The molecule has 1 aliphatic carbocycles. The van der Waals surface area contributed by atoms with Crippen LogP contribution < -0.4 is 0 Å². The standard InChI is InChI=1S/C19H25F3N2O2S/c1-13-16(6-7-17(23-13)19(20,21)22)14-2-4-15(5-3-14)24-9-8-18(10-24)11-27(25,26)12-18/h6-7,14-15H,2-5,8-12H2,1H3. The Morgan fingerprint density at radius 1 is 1.15 bits per heavy atom. The van der Waals surface area contributed by atoms with Gasteiger partial charge in [0.05, 0.1) is 11.5 Å². The SMILES string of the molecule is Cc1nc(C(F)(F)F)ccc1C1CCC(N2CCC3(C2)CS(=O)(=O)C3)CC1. The van der Waals surface area contributed by atoms with Gasteiger partial charge in [-0.05, 0) is 63.1 Å². The fourth-order valence-electron chi connectivity index (χ4n) is 5.32. The number of alkyl halides is 3. The summed E-state index contributed by atoms with van der Waals surface area (Å²) in [6.07, 6.45) is 0.471. The number of sulfone groups is 1. The molecule has 0 N–H and O–H groups in total. The molecule has 1 saturated carbocycles. The Kier molecular flexibility index (Phi) is 4.57. The Labute approximate surface area is 158 Å². The maximum Gasteiger partial charge on any atom is 0.433 e. The van der Waals surface area contributed by atoms with Crippen molar-refractivity contribution in [2.24, 2.45) is 5.41 Å². The lowest BCUT2D eigenvalue weighted by atomic mass is 9.80. The minimum atomic E-state index is -4.40. The van der Waals surface area contributed by atoms with Gasteiger partial charge in [0.2, 0.25) is 0 Å². The molecule has 0 radical (unpaired) electrons. The van der Waals surface area contributed by atoms with E-state index in [2.05, 4.69) is 9.88 Å². The smallest absolute Gasteiger partial charge is 0.300 e. The maximum atomic E-state index is 12.8. The number of hydrogen-bond acceptors (Lipinski definition) is 4. The average Bonchev–Trinajstić information content (AvgIpc) is 2.97. The normalized spacial score (nSPS) is 30.4. The molecule has 4 nitrogen and oxygen atoms in total. The molecular weight excluding hydrogens is 377 g/mol. The highest BCUT2D eigenvalue weighted by molar-refractivity contribution is 7.92. The van der Waals surface area contributed by atoms with Gasteiger partial charge < -0.3 is 0 Å². The van der Waals surface area contributed by atoms with Crippen LogP contribution in [0.1, 0.15) is 55.0 Å². The molecule has 3 aliphatic rings. The van der Waals surface area contributed by atoms with Crippen molar-refractivity contribution in [1.82, 2.24) is 9.88 Å². The van der Waals surface area contributed by atoms with Crippen LogP contribution in [0.5, 0.6) is 0 Å². The number of halogens is 3. The minimum absolute atomic E-state index is 0.0103. The van der Waals surface area contributed by atoms with Crippen LogP contribution in [0.3, 0.4) is 0 Å². The van der Waals surface area contributed by atoms with E-state index in [1.54, 1.807) is 13.0 Å². The largest absolute Gasteiger partial charge is 0.433 e. The van der Waals surface area contributed by atoms with Crippen molar-refractivity contribution in [3.63, 3.8) is 0 Å². The van der Waals surface area contributed by atoms with Crippen molar-refractivity contribution in [2.75, 3.05) is 24.6 Å². The first kappa shape index (κ1) is 19.2. The number of aromatic nitrogens is 1. The van der Waals surface area contributed by atoms with E-state index in [0.29, 0.717) is 23.2 Å².